The Morgan fingerprint density at radius 2 is 1.93 bits per heavy atom. The number of furan rings is 1. The summed E-state index contributed by atoms with van der Waals surface area (Å²) in [5, 5.41) is 11.1. The molecule has 28 heavy (non-hydrogen) atoms. The first kappa shape index (κ1) is 19.0. The number of hydrogen-bond acceptors (Lipinski definition) is 6. The molecular formula is C17H11BrCl2N4O4. The SMILES string of the molecule is CC1(c2ccc(Cl)c(Cl)c2)NC(=O)N(Cc2nnc(-c3ccc(Br)o3)o2)C1=O. The lowest BCUT2D eigenvalue weighted by atomic mass is 9.92. The summed E-state index contributed by atoms with van der Waals surface area (Å²) in [7, 11) is 0. The predicted molar refractivity (Wildman–Crippen MR) is 103 cm³/mol. The Morgan fingerprint density at radius 3 is 2.61 bits per heavy atom. The highest BCUT2D eigenvalue weighted by atomic mass is 79.9. The van der Waals surface area contributed by atoms with Crippen molar-refractivity contribution in [2.24, 2.45) is 0 Å². The van der Waals surface area contributed by atoms with E-state index in [1.54, 1.807) is 37.3 Å². The minimum Gasteiger partial charge on any atom is -0.444 e. The van der Waals surface area contributed by atoms with Crippen molar-refractivity contribution < 1.29 is 18.4 Å². The molecule has 144 valence electrons. The van der Waals surface area contributed by atoms with Gasteiger partial charge in [-0.05, 0) is 52.7 Å². The number of aromatic nitrogens is 2. The van der Waals surface area contributed by atoms with E-state index < -0.39 is 17.5 Å². The third kappa shape index (κ3) is 3.19. The van der Waals surface area contributed by atoms with Gasteiger partial charge in [-0.1, -0.05) is 29.3 Å². The van der Waals surface area contributed by atoms with E-state index in [1.165, 1.54) is 0 Å². The molecule has 3 amide bonds. The Balaban J connectivity index is 1.58. The fourth-order valence-corrected chi connectivity index (χ4v) is 3.43. The Labute approximate surface area is 176 Å². The number of rotatable bonds is 4. The predicted octanol–water partition coefficient (Wildman–Crippen LogP) is 4.37. The average Bonchev–Trinajstić information content (AvgIpc) is 3.34. The molecule has 0 radical (unpaired) electrons. The van der Waals surface area contributed by atoms with E-state index in [1.807, 2.05) is 0 Å². The number of nitrogens with zero attached hydrogens (tertiary/aromatic N) is 3. The standard InChI is InChI=1S/C17H11BrCl2N4O4/c1-17(8-2-3-9(19)10(20)6-8)15(25)24(16(26)21-17)7-13-22-23-14(28-13)11-4-5-12(18)27-11/h2-6H,7H2,1H3,(H,21,26). The van der Waals surface area contributed by atoms with E-state index in [0.29, 0.717) is 21.0 Å². The lowest BCUT2D eigenvalue weighted by molar-refractivity contribution is -0.131. The molecule has 1 fully saturated rings. The number of carbonyl (C=O) groups excluding carboxylic acids is 2. The summed E-state index contributed by atoms with van der Waals surface area (Å²) >= 11 is 15.2. The second-order valence-corrected chi connectivity index (χ2v) is 7.78. The van der Waals surface area contributed by atoms with Gasteiger partial charge in [0.1, 0.15) is 12.1 Å². The molecule has 0 aliphatic carbocycles. The molecule has 1 N–H and O–H groups in total. The molecule has 3 heterocycles. The second-order valence-electron chi connectivity index (χ2n) is 6.18. The van der Waals surface area contributed by atoms with E-state index in [0.717, 1.165) is 4.90 Å². The number of carbonyl (C=O) groups is 2. The van der Waals surface area contributed by atoms with Crippen molar-refractivity contribution in [3.05, 3.63) is 56.5 Å². The van der Waals surface area contributed by atoms with Crippen molar-refractivity contribution in [2.75, 3.05) is 0 Å². The van der Waals surface area contributed by atoms with Crippen LogP contribution in [0.4, 0.5) is 4.79 Å². The molecule has 1 saturated heterocycles. The van der Waals surface area contributed by atoms with Gasteiger partial charge in [-0.3, -0.25) is 9.69 Å². The van der Waals surface area contributed by atoms with E-state index in [2.05, 4.69) is 31.4 Å². The molecule has 4 rings (SSSR count). The summed E-state index contributed by atoms with van der Waals surface area (Å²) in [6, 6.07) is 7.49. The molecular weight excluding hydrogens is 475 g/mol. The molecule has 0 spiro atoms. The zero-order chi connectivity index (χ0) is 20.1. The summed E-state index contributed by atoms with van der Waals surface area (Å²) in [6.07, 6.45) is 0. The summed E-state index contributed by atoms with van der Waals surface area (Å²) in [4.78, 5) is 26.4. The van der Waals surface area contributed by atoms with Crippen molar-refractivity contribution in [3.63, 3.8) is 0 Å². The highest BCUT2D eigenvalue weighted by Crippen LogP contribution is 2.33. The molecule has 0 bridgehead atoms. The van der Waals surface area contributed by atoms with E-state index >= 15 is 0 Å². The van der Waals surface area contributed by atoms with Gasteiger partial charge in [-0.15, -0.1) is 10.2 Å². The fraction of sp³-hybridized carbons (Fsp3) is 0.176. The number of hydrogen-bond donors (Lipinski definition) is 1. The van der Waals surface area contributed by atoms with Crippen LogP contribution < -0.4 is 5.32 Å². The highest BCUT2D eigenvalue weighted by Gasteiger charge is 2.49. The Bertz CT molecular complexity index is 1100. The summed E-state index contributed by atoms with van der Waals surface area (Å²) in [6.45, 7) is 1.41. The number of benzene rings is 1. The van der Waals surface area contributed by atoms with Crippen molar-refractivity contribution in [3.8, 4) is 11.7 Å². The summed E-state index contributed by atoms with van der Waals surface area (Å²) in [5.41, 5.74) is -0.783. The average molecular weight is 486 g/mol. The van der Waals surface area contributed by atoms with E-state index in [-0.39, 0.29) is 23.3 Å². The van der Waals surface area contributed by atoms with Gasteiger partial charge in [-0.25, -0.2) is 4.79 Å². The van der Waals surface area contributed by atoms with Gasteiger partial charge >= 0.3 is 6.03 Å². The third-order valence-electron chi connectivity index (χ3n) is 4.32. The van der Waals surface area contributed by atoms with Crippen molar-refractivity contribution >= 4 is 51.1 Å². The number of halogens is 3. The van der Waals surface area contributed by atoms with Gasteiger partial charge in [0, 0.05) is 0 Å². The minimum absolute atomic E-state index is 0.0874. The first-order valence-corrected chi connectivity index (χ1v) is 9.50. The molecule has 1 aliphatic rings. The Kier molecular flexibility index (Phi) is 4.68. The van der Waals surface area contributed by atoms with Crippen LogP contribution in [0.1, 0.15) is 18.4 Å². The Morgan fingerprint density at radius 1 is 1.14 bits per heavy atom. The maximum atomic E-state index is 13.0. The largest absolute Gasteiger partial charge is 0.444 e. The topological polar surface area (TPSA) is 101 Å². The lowest BCUT2D eigenvalue weighted by Gasteiger charge is -2.22. The summed E-state index contributed by atoms with van der Waals surface area (Å²) < 4.78 is 11.4. The molecule has 1 atom stereocenters. The molecule has 2 aromatic heterocycles. The maximum Gasteiger partial charge on any atom is 0.325 e. The minimum atomic E-state index is -1.29. The normalized spacial score (nSPS) is 19.4. The van der Waals surface area contributed by atoms with Crippen molar-refractivity contribution in [2.45, 2.75) is 19.0 Å². The fourth-order valence-electron chi connectivity index (χ4n) is 2.82. The number of imide groups is 1. The second kappa shape index (κ2) is 6.91. The number of amides is 3. The highest BCUT2D eigenvalue weighted by molar-refractivity contribution is 9.10. The van der Waals surface area contributed by atoms with Gasteiger partial charge in [0.15, 0.2) is 10.4 Å². The van der Waals surface area contributed by atoms with Crippen LogP contribution in [0.5, 0.6) is 0 Å². The Hall–Kier alpha value is -2.36. The molecule has 0 saturated carbocycles. The molecule has 1 aromatic carbocycles. The van der Waals surface area contributed by atoms with Crippen LogP contribution in [-0.4, -0.2) is 27.0 Å². The monoisotopic (exact) mass is 484 g/mol. The molecule has 1 aliphatic heterocycles. The van der Waals surface area contributed by atoms with Gasteiger partial charge in [0.25, 0.3) is 11.8 Å². The summed E-state index contributed by atoms with van der Waals surface area (Å²) in [5.74, 6) is 0.115. The molecule has 11 heteroatoms. The molecule has 1 unspecified atom stereocenters. The first-order chi connectivity index (χ1) is 13.3. The smallest absolute Gasteiger partial charge is 0.325 e. The van der Waals surface area contributed by atoms with Gasteiger partial charge < -0.3 is 14.2 Å². The van der Waals surface area contributed by atoms with Crippen LogP contribution in [0.25, 0.3) is 11.7 Å². The van der Waals surface area contributed by atoms with Crippen LogP contribution >= 0.6 is 39.1 Å². The van der Waals surface area contributed by atoms with Gasteiger partial charge in [0.05, 0.1) is 10.0 Å². The maximum absolute atomic E-state index is 13.0. The molecule has 8 nitrogen and oxygen atoms in total. The van der Waals surface area contributed by atoms with E-state index in [9.17, 15) is 9.59 Å². The quantitative estimate of drug-likeness (QED) is 0.550. The van der Waals surface area contributed by atoms with Crippen molar-refractivity contribution in [1.29, 1.82) is 0 Å². The van der Waals surface area contributed by atoms with Gasteiger partial charge in [0.2, 0.25) is 5.89 Å². The molecule has 3 aromatic rings. The lowest BCUT2D eigenvalue weighted by Crippen LogP contribution is -2.40. The van der Waals surface area contributed by atoms with Crippen LogP contribution in [-0.2, 0) is 16.9 Å². The van der Waals surface area contributed by atoms with Crippen molar-refractivity contribution in [1.82, 2.24) is 20.4 Å². The van der Waals surface area contributed by atoms with Crippen LogP contribution in [0.15, 0.2) is 43.8 Å². The van der Waals surface area contributed by atoms with Crippen LogP contribution in [0.3, 0.4) is 0 Å². The third-order valence-corrected chi connectivity index (χ3v) is 5.48. The van der Waals surface area contributed by atoms with Crippen LogP contribution in [0.2, 0.25) is 10.0 Å². The van der Waals surface area contributed by atoms with Gasteiger partial charge in [-0.2, -0.15) is 0 Å². The zero-order valence-corrected chi connectivity index (χ0v) is 17.3. The van der Waals surface area contributed by atoms with E-state index in [4.69, 9.17) is 32.0 Å². The van der Waals surface area contributed by atoms with Crippen LogP contribution in [0, 0.1) is 0 Å². The first-order valence-electron chi connectivity index (χ1n) is 7.95. The number of urea groups is 1. The zero-order valence-electron chi connectivity index (χ0n) is 14.2. The number of nitrogens with one attached hydrogen (secondary N) is 1.